The van der Waals surface area contributed by atoms with Crippen LogP contribution in [0.25, 0.3) is 0 Å². The van der Waals surface area contributed by atoms with Crippen LogP contribution in [0.3, 0.4) is 0 Å². The number of aromatic nitrogens is 4. The molecule has 0 fully saturated rings. The lowest BCUT2D eigenvalue weighted by Crippen LogP contribution is -2.24. The Morgan fingerprint density at radius 1 is 1.33 bits per heavy atom. The number of nitrogens with one attached hydrogen (secondary N) is 2. The topological polar surface area (TPSA) is 93.8 Å². The summed E-state index contributed by atoms with van der Waals surface area (Å²) in [6.07, 6.45) is 3.18. The molecule has 0 spiro atoms. The number of rotatable bonds is 7. The van der Waals surface area contributed by atoms with E-state index < -0.39 is 10.0 Å². The minimum absolute atomic E-state index is 0.117. The highest BCUT2D eigenvalue weighted by Gasteiger charge is 2.18. The van der Waals surface area contributed by atoms with Gasteiger partial charge in [-0.3, -0.25) is 0 Å². The molecule has 0 radical (unpaired) electrons. The average Bonchev–Trinajstić information content (AvgIpc) is 3.04. The van der Waals surface area contributed by atoms with Crippen LogP contribution >= 0.6 is 0 Å². The van der Waals surface area contributed by atoms with Gasteiger partial charge in [-0.1, -0.05) is 0 Å². The van der Waals surface area contributed by atoms with E-state index >= 15 is 0 Å². The molecular formula is C12H20N6O2S. The van der Waals surface area contributed by atoms with Gasteiger partial charge in [0.1, 0.15) is 12.2 Å². The van der Waals surface area contributed by atoms with Crippen LogP contribution in [0.5, 0.6) is 0 Å². The minimum Gasteiger partial charge on any atom is -0.352 e. The van der Waals surface area contributed by atoms with E-state index in [9.17, 15) is 8.42 Å². The Kier molecular flexibility index (Phi) is 4.76. The third-order valence-corrected chi connectivity index (χ3v) is 4.58. The zero-order valence-electron chi connectivity index (χ0n) is 12.4. The molecule has 9 heteroatoms. The molecule has 0 bridgehead atoms. The molecule has 0 saturated carbocycles. The molecule has 2 heterocycles. The second kappa shape index (κ2) is 6.37. The van der Waals surface area contributed by atoms with Crippen LogP contribution < -0.4 is 10.0 Å². The van der Waals surface area contributed by atoms with E-state index in [0.29, 0.717) is 18.9 Å². The van der Waals surface area contributed by atoms with E-state index in [4.69, 9.17) is 0 Å². The van der Waals surface area contributed by atoms with Gasteiger partial charge in [0, 0.05) is 32.0 Å². The Labute approximate surface area is 124 Å². The molecule has 0 aliphatic rings. The van der Waals surface area contributed by atoms with Gasteiger partial charge in [-0.2, -0.15) is 0 Å². The molecule has 21 heavy (non-hydrogen) atoms. The fourth-order valence-electron chi connectivity index (χ4n) is 2.00. The second-order valence-electron chi connectivity index (χ2n) is 4.67. The van der Waals surface area contributed by atoms with E-state index in [2.05, 4.69) is 20.2 Å². The molecule has 2 N–H and O–H groups in total. The third-order valence-electron chi connectivity index (χ3n) is 3.21. The van der Waals surface area contributed by atoms with Gasteiger partial charge < -0.3 is 14.5 Å². The van der Waals surface area contributed by atoms with Crippen molar-refractivity contribution in [1.29, 1.82) is 0 Å². The summed E-state index contributed by atoms with van der Waals surface area (Å²) in [5.74, 6) is 0.590. The zero-order valence-corrected chi connectivity index (χ0v) is 13.2. The molecular weight excluding hydrogens is 292 g/mol. The van der Waals surface area contributed by atoms with Gasteiger partial charge >= 0.3 is 0 Å². The fraction of sp³-hybridized carbons (Fsp3) is 0.500. The number of hydrogen-bond donors (Lipinski definition) is 2. The van der Waals surface area contributed by atoms with Gasteiger partial charge in [-0.15, -0.1) is 10.2 Å². The molecule has 2 aromatic rings. The van der Waals surface area contributed by atoms with Crippen LogP contribution in [-0.2, 0) is 36.7 Å². The van der Waals surface area contributed by atoms with E-state index in [1.165, 1.54) is 0 Å². The number of sulfonamides is 1. The Bertz CT molecular complexity index is 703. The highest BCUT2D eigenvalue weighted by atomic mass is 32.2. The van der Waals surface area contributed by atoms with Crippen molar-refractivity contribution >= 4 is 10.0 Å². The monoisotopic (exact) mass is 312 g/mol. The Hall–Kier alpha value is -1.71. The molecule has 0 atom stereocenters. The maximum absolute atomic E-state index is 12.3. The van der Waals surface area contributed by atoms with Crippen molar-refractivity contribution in [2.75, 3.05) is 7.05 Å². The molecule has 0 amide bonds. The predicted molar refractivity (Wildman–Crippen MR) is 77.9 cm³/mol. The van der Waals surface area contributed by atoms with E-state index in [-0.39, 0.29) is 11.4 Å². The fourth-order valence-corrected chi connectivity index (χ4v) is 3.08. The first-order valence-corrected chi connectivity index (χ1v) is 8.12. The van der Waals surface area contributed by atoms with Crippen LogP contribution in [0, 0.1) is 0 Å². The normalized spacial score (nSPS) is 12.0. The summed E-state index contributed by atoms with van der Waals surface area (Å²) < 4.78 is 30.7. The van der Waals surface area contributed by atoms with Crippen molar-refractivity contribution in [1.82, 2.24) is 29.4 Å². The molecule has 116 valence electrons. The molecule has 2 aromatic heterocycles. The van der Waals surface area contributed by atoms with Crippen LogP contribution in [0.2, 0.25) is 0 Å². The van der Waals surface area contributed by atoms with Gasteiger partial charge in [0.25, 0.3) is 0 Å². The molecule has 0 aliphatic carbocycles. The summed E-state index contributed by atoms with van der Waals surface area (Å²) in [6, 6.07) is 1.66. The van der Waals surface area contributed by atoms with Gasteiger partial charge in [0.2, 0.25) is 10.0 Å². The van der Waals surface area contributed by atoms with Crippen LogP contribution in [0.15, 0.2) is 23.5 Å². The van der Waals surface area contributed by atoms with Crippen molar-refractivity contribution in [3.05, 3.63) is 30.1 Å². The molecule has 0 unspecified atom stereocenters. The second-order valence-corrected chi connectivity index (χ2v) is 6.43. The molecule has 2 rings (SSSR count). The Balaban J connectivity index is 2.13. The van der Waals surface area contributed by atoms with Crippen molar-refractivity contribution in [2.24, 2.45) is 7.05 Å². The number of aryl methyl sites for hydroxylation is 2. The number of nitrogens with zero attached hydrogens (tertiary/aromatic N) is 4. The van der Waals surface area contributed by atoms with E-state index in [0.717, 1.165) is 5.69 Å². The van der Waals surface area contributed by atoms with Crippen molar-refractivity contribution in [2.45, 2.75) is 31.5 Å². The minimum atomic E-state index is -3.56. The van der Waals surface area contributed by atoms with Gasteiger partial charge in [0.15, 0.2) is 0 Å². The lowest BCUT2D eigenvalue weighted by Gasteiger charge is -2.05. The summed E-state index contributed by atoms with van der Waals surface area (Å²) in [5, 5.41) is 10.7. The largest absolute Gasteiger partial charge is 0.352 e. The standard InChI is InChI=1S/C12H20N6O2S/c1-4-18-9-14-16-12(18)7-15-21(19,20)11-5-10(6-13-2)17(3)8-11/h5,8-9,13,15H,4,6-7H2,1-3H3. The van der Waals surface area contributed by atoms with Gasteiger partial charge in [-0.05, 0) is 20.0 Å². The lowest BCUT2D eigenvalue weighted by atomic mass is 10.4. The Morgan fingerprint density at radius 3 is 2.76 bits per heavy atom. The lowest BCUT2D eigenvalue weighted by molar-refractivity contribution is 0.575. The van der Waals surface area contributed by atoms with E-state index in [1.807, 2.05) is 21.0 Å². The smallest absolute Gasteiger partial charge is 0.242 e. The highest BCUT2D eigenvalue weighted by molar-refractivity contribution is 7.89. The maximum Gasteiger partial charge on any atom is 0.242 e. The van der Waals surface area contributed by atoms with E-state index in [1.54, 1.807) is 27.7 Å². The molecule has 0 aliphatic heterocycles. The van der Waals surface area contributed by atoms with Crippen LogP contribution in [0.1, 0.15) is 18.4 Å². The van der Waals surface area contributed by atoms with Crippen molar-refractivity contribution in [3.63, 3.8) is 0 Å². The molecule has 0 aromatic carbocycles. The Morgan fingerprint density at radius 2 is 2.10 bits per heavy atom. The van der Waals surface area contributed by atoms with Crippen LogP contribution in [-0.4, -0.2) is 34.8 Å². The summed E-state index contributed by atoms with van der Waals surface area (Å²) in [4.78, 5) is 0.248. The summed E-state index contributed by atoms with van der Waals surface area (Å²) in [6.45, 7) is 3.37. The predicted octanol–water partition coefficient (Wildman–Crippen LogP) is -0.166. The first-order valence-electron chi connectivity index (χ1n) is 6.64. The summed E-state index contributed by atoms with van der Waals surface area (Å²) in [7, 11) is 0.0743. The molecule has 8 nitrogen and oxygen atoms in total. The zero-order chi connectivity index (χ0) is 15.5. The third kappa shape index (κ3) is 3.49. The average molecular weight is 312 g/mol. The quantitative estimate of drug-likeness (QED) is 0.740. The highest BCUT2D eigenvalue weighted by Crippen LogP contribution is 2.13. The summed E-state index contributed by atoms with van der Waals surface area (Å²) in [5.41, 5.74) is 0.898. The number of hydrogen-bond acceptors (Lipinski definition) is 5. The molecule has 0 saturated heterocycles. The first kappa shape index (κ1) is 15.7. The maximum atomic E-state index is 12.3. The van der Waals surface area contributed by atoms with Crippen LogP contribution in [0.4, 0.5) is 0 Å². The summed E-state index contributed by atoms with van der Waals surface area (Å²) >= 11 is 0. The first-order chi connectivity index (χ1) is 9.97. The van der Waals surface area contributed by atoms with Crippen molar-refractivity contribution in [3.8, 4) is 0 Å². The van der Waals surface area contributed by atoms with Gasteiger partial charge in [-0.25, -0.2) is 13.1 Å². The SMILES string of the molecule is CCn1cnnc1CNS(=O)(=O)c1cc(CNC)n(C)c1. The van der Waals surface area contributed by atoms with Crippen molar-refractivity contribution < 1.29 is 8.42 Å². The van der Waals surface area contributed by atoms with Gasteiger partial charge in [0.05, 0.1) is 11.4 Å².